The number of rotatable bonds is 9. The third kappa shape index (κ3) is 5.95. The van der Waals surface area contributed by atoms with Crippen LogP contribution in [0.1, 0.15) is 33.3 Å². The lowest BCUT2D eigenvalue weighted by Crippen LogP contribution is -2.30. The van der Waals surface area contributed by atoms with E-state index in [1.54, 1.807) is 44.2 Å². The van der Waals surface area contributed by atoms with Crippen molar-refractivity contribution in [1.82, 2.24) is 4.31 Å². The Morgan fingerprint density at radius 2 is 1.79 bits per heavy atom. The van der Waals surface area contributed by atoms with E-state index in [1.165, 1.54) is 16.4 Å². The first-order chi connectivity index (χ1) is 13.7. The Labute approximate surface area is 177 Å². The number of nitrogens with zero attached hydrogens (tertiary/aromatic N) is 1. The number of sulfonamides is 1. The largest absolute Gasteiger partial charge is 0.489 e. The van der Waals surface area contributed by atoms with Crippen molar-refractivity contribution in [3.63, 3.8) is 0 Å². The third-order valence-electron chi connectivity index (χ3n) is 4.24. The van der Waals surface area contributed by atoms with Crippen LogP contribution < -0.4 is 10.1 Å². The van der Waals surface area contributed by atoms with E-state index in [0.717, 1.165) is 0 Å². The van der Waals surface area contributed by atoms with E-state index in [0.29, 0.717) is 35.1 Å². The number of nitrogens with one attached hydrogen (secondary N) is 1. The van der Waals surface area contributed by atoms with E-state index in [-0.39, 0.29) is 23.3 Å². The van der Waals surface area contributed by atoms with Crippen LogP contribution in [0.4, 0.5) is 5.69 Å². The van der Waals surface area contributed by atoms with Crippen molar-refractivity contribution >= 4 is 33.2 Å². The molecule has 0 radical (unpaired) electrons. The molecule has 0 aliphatic heterocycles. The van der Waals surface area contributed by atoms with Gasteiger partial charge in [-0.05, 0) is 43.7 Å². The Morgan fingerprint density at radius 1 is 1.14 bits per heavy atom. The van der Waals surface area contributed by atoms with Gasteiger partial charge in [-0.1, -0.05) is 43.6 Å². The molecule has 2 aromatic rings. The summed E-state index contributed by atoms with van der Waals surface area (Å²) in [4.78, 5) is 12.7. The Balaban J connectivity index is 2.36. The Hall–Kier alpha value is -2.09. The number of anilines is 1. The molecule has 2 rings (SSSR count). The molecule has 0 heterocycles. The highest BCUT2D eigenvalue weighted by atomic mass is 35.5. The van der Waals surface area contributed by atoms with Gasteiger partial charge in [0, 0.05) is 18.1 Å². The average molecular weight is 439 g/mol. The van der Waals surface area contributed by atoms with Gasteiger partial charge in [0.1, 0.15) is 5.75 Å². The van der Waals surface area contributed by atoms with Gasteiger partial charge in [0.2, 0.25) is 15.9 Å². The molecule has 0 saturated carbocycles. The van der Waals surface area contributed by atoms with Gasteiger partial charge in [0.25, 0.3) is 0 Å². The zero-order chi connectivity index (χ0) is 21.6. The number of ether oxygens (including phenoxy) is 1. The number of benzene rings is 2. The molecule has 1 N–H and O–H groups in total. The fourth-order valence-electron chi connectivity index (χ4n) is 2.85. The second-order valence-electron chi connectivity index (χ2n) is 6.73. The van der Waals surface area contributed by atoms with Crippen LogP contribution in [0.2, 0.25) is 5.02 Å². The minimum Gasteiger partial charge on any atom is -0.489 e. The zero-order valence-corrected chi connectivity index (χ0v) is 18.7. The van der Waals surface area contributed by atoms with Crippen molar-refractivity contribution in [1.29, 1.82) is 0 Å². The lowest BCUT2D eigenvalue weighted by atomic mass is 10.1. The van der Waals surface area contributed by atoms with Gasteiger partial charge in [0.15, 0.2) is 0 Å². The van der Waals surface area contributed by atoms with E-state index >= 15 is 0 Å². The standard InChI is InChI=1S/C21H27ClN2O4S/c1-5-24(6-2)29(26,27)17-11-12-20(28-15(3)4)19(14-17)23-21(25)13-16-9-7-8-10-18(16)22/h7-12,14-15H,5-6,13H2,1-4H3,(H,23,25). The number of hydrogen-bond acceptors (Lipinski definition) is 4. The number of carbonyl (C=O) groups excluding carboxylic acids is 1. The zero-order valence-electron chi connectivity index (χ0n) is 17.1. The molecule has 0 saturated heterocycles. The minimum atomic E-state index is -3.66. The number of amides is 1. The van der Waals surface area contributed by atoms with Crippen LogP contribution in [-0.4, -0.2) is 37.8 Å². The molecule has 2 aromatic carbocycles. The van der Waals surface area contributed by atoms with Crippen molar-refractivity contribution < 1.29 is 17.9 Å². The predicted octanol–water partition coefficient (Wildman–Crippen LogP) is 4.34. The summed E-state index contributed by atoms with van der Waals surface area (Å²) in [7, 11) is -3.66. The minimum absolute atomic E-state index is 0.0633. The summed E-state index contributed by atoms with van der Waals surface area (Å²) in [5.74, 6) is 0.0927. The maximum absolute atomic E-state index is 12.9. The molecule has 0 atom stereocenters. The molecular formula is C21H27ClN2O4S. The molecule has 0 fully saturated rings. The van der Waals surface area contributed by atoms with Crippen LogP contribution in [0.25, 0.3) is 0 Å². The molecule has 6 nitrogen and oxygen atoms in total. The van der Waals surface area contributed by atoms with Crippen LogP contribution in [0.5, 0.6) is 5.75 Å². The van der Waals surface area contributed by atoms with E-state index in [9.17, 15) is 13.2 Å². The summed E-state index contributed by atoms with van der Waals surface area (Å²) in [5.41, 5.74) is 0.994. The smallest absolute Gasteiger partial charge is 0.243 e. The summed E-state index contributed by atoms with van der Waals surface area (Å²) >= 11 is 6.13. The maximum Gasteiger partial charge on any atom is 0.243 e. The topological polar surface area (TPSA) is 75.7 Å². The molecule has 0 aromatic heterocycles. The molecule has 29 heavy (non-hydrogen) atoms. The van der Waals surface area contributed by atoms with Crippen LogP contribution in [0.3, 0.4) is 0 Å². The van der Waals surface area contributed by atoms with Crippen molar-refractivity contribution in [3.05, 3.63) is 53.1 Å². The second kappa shape index (κ2) is 10.1. The molecule has 158 valence electrons. The highest BCUT2D eigenvalue weighted by molar-refractivity contribution is 7.89. The fraction of sp³-hybridized carbons (Fsp3) is 0.381. The SMILES string of the molecule is CCN(CC)S(=O)(=O)c1ccc(OC(C)C)c(NC(=O)Cc2ccccc2Cl)c1. The molecule has 8 heteroatoms. The van der Waals surface area contributed by atoms with Gasteiger partial charge in [-0.3, -0.25) is 4.79 Å². The molecule has 0 bridgehead atoms. The van der Waals surface area contributed by atoms with Crippen LogP contribution in [-0.2, 0) is 21.2 Å². The normalized spacial score (nSPS) is 11.7. The molecular weight excluding hydrogens is 412 g/mol. The Bertz CT molecular complexity index is 957. The fourth-order valence-corrected chi connectivity index (χ4v) is 4.53. The van der Waals surface area contributed by atoms with Crippen LogP contribution in [0.15, 0.2) is 47.4 Å². The van der Waals surface area contributed by atoms with Crippen molar-refractivity contribution in [3.8, 4) is 5.75 Å². The van der Waals surface area contributed by atoms with Gasteiger partial charge in [-0.15, -0.1) is 0 Å². The summed E-state index contributed by atoms with van der Waals surface area (Å²) in [6.07, 6.45) is -0.0761. The average Bonchev–Trinajstić information content (AvgIpc) is 2.65. The van der Waals surface area contributed by atoms with E-state index in [2.05, 4.69) is 5.32 Å². The monoisotopic (exact) mass is 438 g/mol. The Morgan fingerprint density at radius 3 is 2.38 bits per heavy atom. The summed E-state index contributed by atoms with van der Waals surface area (Å²) < 4.78 is 32.8. The molecule has 0 aliphatic carbocycles. The predicted molar refractivity (Wildman–Crippen MR) is 116 cm³/mol. The number of carbonyl (C=O) groups is 1. The van der Waals surface area contributed by atoms with Crippen molar-refractivity contribution in [2.75, 3.05) is 18.4 Å². The van der Waals surface area contributed by atoms with Crippen LogP contribution in [0, 0.1) is 0 Å². The number of halogens is 1. The van der Waals surface area contributed by atoms with Crippen LogP contribution >= 0.6 is 11.6 Å². The van der Waals surface area contributed by atoms with Gasteiger partial charge in [-0.2, -0.15) is 4.31 Å². The lowest BCUT2D eigenvalue weighted by molar-refractivity contribution is -0.115. The second-order valence-corrected chi connectivity index (χ2v) is 9.08. The molecule has 0 unspecified atom stereocenters. The number of hydrogen-bond donors (Lipinski definition) is 1. The summed E-state index contributed by atoms with van der Waals surface area (Å²) in [6.45, 7) is 7.99. The van der Waals surface area contributed by atoms with Crippen molar-refractivity contribution in [2.45, 2.75) is 45.1 Å². The maximum atomic E-state index is 12.9. The van der Waals surface area contributed by atoms with Gasteiger partial charge in [0.05, 0.1) is 23.1 Å². The third-order valence-corrected chi connectivity index (χ3v) is 6.65. The van der Waals surface area contributed by atoms with Gasteiger partial charge >= 0.3 is 0 Å². The molecule has 1 amide bonds. The quantitative estimate of drug-likeness (QED) is 0.631. The molecule has 0 spiro atoms. The first kappa shape index (κ1) is 23.2. The lowest BCUT2D eigenvalue weighted by Gasteiger charge is -2.20. The van der Waals surface area contributed by atoms with E-state index < -0.39 is 10.0 Å². The molecule has 0 aliphatic rings. The highest BCUT2D eigenvalue weighted by Crippen LogP contribution is 2.30. The van der Waals surface area contributed by atoms with E-state index in [4.69, 9.17) is 16.3 Å². The van der Waals surface area contributed by atoms with Crippen molar-refractivity contribution in [2.24, 2.45) is 0 Å². The highest BCUT2D eigenvalue weighted by Gasteiger charge is 2.23. The van der Waals surface area contributed by atoms with Gasteiger partial charge in [-0.25, -0.2) is 8.42 Å². The van der Waals surface area contributed by atoms with Gasteiger partial charge < -0.3 is 10.1 Å². The van der Waals surface area contributed by atoms with E-state index in [1.807, 2.05) is 13.8 Å². The summed E-state index contributed by atoms with van der Waals surface area (Å²) in [6, 6.07) is 11.6. The first-order valence-corrected chi connectivity index (χ1v) is 11.3. The first-order valence-electron chi connectivity index (χ1n) is 9.53. The Kier molecular flexibility index (Phi) is 8.07. The summed E-state index contributed by atoms with van der Waals surface area (Å²) in [5, 5.41) is 3.27.